The number of hydrogen-bond donors (Lipinski definition) is 2. The molecular weight excluding hydrogens is 444 g/mol. The van der Waals surface area contributed by atoms with E-state index in [9.17, 15) is 0 Å². The lowest BCUT2D eigenvalue weighted by molar-refractivity contribution is 0.748. The van der Waals surface area contributed by atoms with Crippen molar-refractivity contribution in [2.75, 3.05) is 11.1 Å². The highest BCUT2D eigenvalue weighted by molar-refractivity contribution is 8.01. The van der Waals surface area contributed by atoms with Gasteiger partial charge in [-0.1, -0.05) is 68.5 Å². The molecule has 6 rings (SSSR count). The average molecular weight is 475 g/mol. The first-order chi connectivity index (χ1) is 17.1. The summed E-state index contributed by atoms with van der Waals surface area (Å²) in [6, 6.07) is 26.0. The van der Waals surface area contributed by atoms with Crippen molar-refractivity contribution in [1.29, 1.82) is 0 Å². The molecule has 3 unspecified atom stereocenters. The van der Waals surface area contributed by atoms with E-state index in [2.05, 4.69) is 104 Å². The van der Waals surface area contributed by atoms with Gasteiger partial charge in [0.05, 0.1) is 0 Å². The largest absolute Gasteiger partial charge is 0.399 e. The van der Waals surface area contributed by atoms with E-state index in [1.165, 1.54) is 44.0 Å². The molecule has 0 spiro atoms. The molecular formula is C32H30N2S. The van der Waals surface area contributed by atoms with Gasteiger partial charge in [-0.05, 0) is 88.2 Å². The molecule has 0 fully saturated rings. The van der Waals surface area contributed by atoms with Gasteiger partial charge < -0.3 is 11.1 Å². The molecule has 0 amide bonds. The minimum Gasteiger partial charge on any atom is -0.399 e. The van der Waals surface area contributed by atoms with Gasteiger partial charge in [-0.15, -0.1) is 11.8 Å². The first kappa shape index (κ1) is 22.1. The van der Waals surface area contributed by atoms with Gasteiger partial charge in [-0.25, -0.2) is 0 Å². The Kier molecular flexibility index (Phi) is 5.66. The van der Waals surface area contributed by atoms with Crippen molar-refractivity contribution in [3.8, 4) is 0 Å². The summed E-state index contributed by atoms with van der Waals surface area (Å²) in [5, 5.41) is 4.17. The summed E-state index contributed by atoms with van der Waals surface area (Å²) in [5.74, 6) is 0.936. The van der Waals surface area contributed by atoms with E-state index in [0.29, 0.717) is 17.1 Å². The van der Waals surface area contributed by atoms with Crippen LogP contribution in [0.1, 0.15) is 37.0 Å². The zero-order valence-corrected chi connectivity index (χ0v) is 21.0. The molecule has 0 saturated carbocycles. The summed E-state index contributed by atoms with van der Waals surface area (Å²) < 4.78 is 0. The Hall–Kier alpha value is -3.43. The van der Waals surface area contributed by atoms with Crippen LogP contribution in [0.4, 0.5) is 11.4 Å². The van der Waals surface area contributed by atoms with Crippen LogP contribution in [-0.2, 0) is 0 Å². The average Bonchev–Trinajstić information content (AvgIpc) is 3.25. The minimum atomic E-state index is 0.359. The normalized spacial score (nSPS) is 22.9. The molecule has 3 N–H and O–H groups in total. The van der Waals surface area contributed by atoms with Crippen molar-refractivity contribution in [2.24, 2.45) is 11.8 Å². The molecule has 3 heteroatoms. The van der Waals surface area contributed by atoms with Crippen LogP contribution in [0.5, 0.6) is 0 Å². The SMILES string of the molecule is CC1C=CC=C(c2cccc(C3=C(Nc4ccc(N)cc4)C=C4c5ccccc5SC4C3C)c2)C1. The highest BCUT2D eigenvalue weighted by Crippen LogP contribution is 2.54. The van der Waals surface area contributed by atoms with Gasteiger partial charge in [0.25, 0.3) is 0 Å². The van der Waals surface area contributed by atoms with Gasteiger partial charge in [-0.3, -0.25) is 0 Å². The Morgan fingerprint density at radius 2 is 1.71 bits per heavy atom. The summed E-state index contributed by atoms with van der Waals surface area (Å²) in [4.78, 5) is 1.38. The minimum absolute atomic E-state index is 0.359. The molecule has 3 aromatic rings. The Morgan fingerprint density at radius 3 is 2.54 bits per heavy atom. The quantitative estimate of drug-likeness (QED) is 0.374. The lowest BCUT2D eigenvalue weighted by Crippen LogP contribution is -2.22. The first-order valence-electron chi connectivity index (χ1n) is 12.4. The van der Waals surface area contributed by atoms with Crippen LogP contribution in [0.2, 0.25) is 0 Å². The topological polar surface area (TPSA) is 38.0 Å². The van der Waals surface area contributed by atoms with Crippen LogP contribution >= 0.6 is 11.8 Å². The molecule has 2 aliphatic carbocycles. The maximum absolute atomic E-state index is 5.96. The number of nitrogens with two attached hydrogens (primary N) is 1. The molecule has 1 aliphatic heterocycles. The van der Waals surface area contributed by atoms with Crippen LogP contribution in [0, 0.1) is 11.8 Å². The third-order valence-corrected chi connectivity index (χ3v) is 8.80. The van der Waals surface area contributed by atoms with Crippen molar-refractivity contribution in [2.45, 2.75) is 30.4 Å². The Bertz CT molecular complexity index is 1410. The highest BCUT2D eigenvalue weighted by Gasteiger charge is 2.37. The van der Waals surface area contributed by atoms with Crippen LogP contribution in [0.15, 0.2) is 108 Å². The number of nitrogen functional groups attached to an aromatic ring is 1. The molecule has 174 valence electrons. The van der Waals surface area contributed by atoms with Crippen molar-refractivity contribution in [1.82, 2.24) is 0 Å². The van der Waals surface area contributed by atoms with E-state index in [-0.39, 0.29) is 0 Å². The van der Waals surface area contributed by atoms with E-state index >= 15 is 0 Å². The van der Waals surface area contributed by atoms with Gasteiger partial charge in [0, 0.05) is 33.1 Å². The molecule has 0 radical (unpaired) electrons. The summed E-state index contributed by atoms with van der Waals surface area (Å²) in [6.07, 6.45) is 10.2. The third kappa shape index (κ3) is 4.15. The molecule has 0 aromatic heterocycles. The fourth-order valence-corrected chi connectivity index (χ4v) is 6.92. The summed E-state index contributed by atoms with van der Waals surface area (Å²) in [6.45, 7) is 4.67. The third-order valence-electron chi connectivity index (χ3n) is 7.27. The lowest BCUT2D eigenvalue weighted by Gasteiger charge is -2.31. The highest BCUT2D eigenvalue weighted by atomic mass is 32.2. The molecule has 3 atom stereocenters. The maximum Gasteiger partial charge on any atom is 0.0429 e. The number of anilines is 2. The number of benzene rings is 3. The summed E-state index contributed by atoms with van der Waals surface area (Å²) >= 11 is 2.00. The standard InChI is InChI=1S/C32H30N2S/c1-20-7-5-8-22(17-20)23-9-6-10-24(18-23)31-21(2)32-28(27-11-3-4-12-30(27)35-32)19-29(31)34-26-15-13-25(33)14-16-26/h3-16,18-21,32,34H,17,33H2,1-2H3. The molecule has 3 aliphatic rings. The summed E-state index contributed by atoms with van der Waals surface area (Å²) in [7, 11) is 0. The van der Waals surface area contributed by atoms with Gasteiger partial charge in [-0.2, -0.15) is 0 Å². The van der Waals surface area contributed by atoms with E-state index in [1.807, 2.05) is 23.9 Å². The number of nitrogens with one attached hydrogen (secondary N) is 1. The molecule has 0 bridgehead atoms. The summed E-state index contributed by atoms with van der Waals surface area (Å²) in [5.41, 5.74) is 17.2. The second kappa shape index (κ2) is 8.98. The molecule has 1 heterocycles. The number of fused-ring (bicyclic) bond motifs is 3. The first-order valence-corrected chi connectivity index (χ1v) is 13.3. The Balaban J connectivity index is 1.48. The van der Waals surface area contributed by atoms with Crippen molar-refractivity contribution in [3.05, 3.63) is 119 Å². The van der Waals surface area contributed by atoms with Crippen LogP contribution in [-0.4, -0.2) is 5.25 Å². The molecule has 35 heavy (non-hydrogen) atoms. The number of allylic oxidation sites excluding steroid dienone is 6. The predicted molar refractivity (Wildman–Crippen MR) is 152 cm³/mol. The van der Waals surface area contributed by atoms with Crippen LogP contribution < -0.4 is 11.1 Å². The smallest absolute Gasteiger partial charge is 0.0429 e. The fraction of sp³-hybridized carbons (Fsp3) is 0.188. The van der Waals surface area contributed by atoms with E-state index < -0.39 is 0 Å². The monoisotopic (exact) mass is 474 g/mol. The van der Waals surface area contributed by atoms with E-state index in [0.717, 1.165) is 17.8 Å². The second-order valence-corrected chi connectivity index (χ2v) is 11.0. The van der Waals surface area contributed by atoms with Gasteiger partial charge >= 0.3 is 0 Å². The van der Waals surface area contributed by atoms with Crippen molar-refractivity contribution in [3.63, 3.8) is 0 Å². The number of hydrogen-bond acceptors (Lipinski definition) is 3. The predicted octanol–water partition coefficient (Wildman–Crippen LogP) is 8.28. The molecule has 0 saturated heterocycles. The Labute approximate surface area is 212 Å². The number of rotatable bonds is 4. The van der Waals surface area contributed by atoms with Crippen LogP contribution in [0.3, 0.4) is 0 Å². The Morgan fingerprint density at radius 1 is 0.914 bits per heavy atom. The fourth-order valence-electron chi connectivity index (χ4n) is 5.51. The maximum atomic E-state index is 5.96. The molecule has 2 nitrogen and oxygen atoms in total. The lowest BCUT2D eigenvalue weighted by atomic mass is 9.79. The van der Waals surface area contributed by atoms with Gasteiger partial charge in [0.15, 0.2) is 0 Å². The second-order valence-electron chi connectivity index (χ2n) is 9.84. The van der Waals surface area contributed by atoms with Gasteiger partial charge in [0.1, 0.15) is 0 Å². The molecule has 3 aromatic carbocycles. The van der Waals surface area contributed by atoms with E-state index in [1.54, 1.807) is 0 Å². The van der Waals surface area contributed by atoms with Crippen molar-refractivity contribution >= 4 is 39.9 Å². The van der Waals surface area contributed by atoms with Gasteiger partial charge in [0.2, 0.25) is 0 Å². The number of thioether (sulfide) groups is 1. The van der Waals surface area contributed by atoms with Crippen molar-refractivity contribution < 1.29 is 0 Å². The van der Waals surface area contributed by atoms with Crippen LogP contribution in [0.25, 0.3) is 16.7 Å². The van der Waals surface area contributed by atoms with E-state index in [4.69, 9.17) is 5.73 Å². The zero-order valence-electron chi connectivity index (χ0n) is 20.2. The zero-order chi connectivity index (χ0) is 23.9.